The number of hydrogen-bond donors (Lipinski definition) is 0. The highest BCUT2D eigenvalue weighted by molar-refractivity contribution is 5.91. The molecule has 0 N–H and O–H groups in total. The van der Waals surface area contributed by atoms with Crippen LogP contribution in [0.15, 0.2) is 122 Å². The molecule has 0 saturated heterocycles. The summed E-state index contributed by atoms with van der Waals surface area (Å²) in [4.78, 5) is 23.8. The number of carbonyl (C=O) groups is 2. The van der Waals surface area contributed by atoms with Gasteiger partial charge in [-0.2, -0.15) is 0 Å². The zero-order valence-corrected chi connectivity index (χ0v) is 19.5. The molecule has 35 heavy (non-hydrogen) atoms. The minimum absolute atomic E-state index is 0.00804. The molecule has 0 fully saturated rings. The van der Waals surface area contributed by atoms with Crippen molar-refractivity contribution in [3.63, 3.8) is 0 Å². The van der Waals surface area contributed by atoms with Crippen molar-refractivity contribution in [2.45, 2.75) is 18.3 Å². The first kappa shape index (κ1) is 22.5. The van der Waals surface area contributed by atoms with Crippen LogP contribution in [0.2, 0.25) is 0 Å². The van der Waals surface area contributed by atoms with Crippen LogP contribution < -0.4 is 0 Å². The van der Waals surface area contributed by atoms with Gasteiger partial charge in [-0.3, -0.25) is 9.59 Å². The Morgan fingerprint density at radius 3 is 1.31 bits per heavy atom. The first-order valence-corrected chi connectivity index (χ1v) is 11.8. The van der Waals surface area contributed by atoms with Gasteiger partial charge in [-0.15, -0.1) is 0 Å². The molecule has 0 spiro atoms. The molecule has 0 aliphatic heterocycles. The van der Waals surface area contributed by atoms with Crippen molar-refractivity contribution in [2.24, 2.45) is 0 Å². The maximum Gasteiger partial charge on any atom is 0.159 e. The first-order valence-electron chi connectivity index (χ1n) is 11.8. The fraction of sp³-hybridized carbons (Fsp3) is 0.0909. The molecule has 4 aromatic rings. The molecule has 5 rings (SSSR count). The van der Waals surface area contributed by atoms with Crippen LogP contribution in [0.3, 0.4) is 0 Å². The van der Waals surface area contributed by atoms with Gasteiger partial charge >= 0.3 is 0 Å². The van der Waals surface area contributed by atoms with Crippen LogP contribution in [0.1, 0.15) is 33.4 Å². The topological polar surface area (TPSA) is 34.1 Å². The Hall–Kier alpha value is -4.30. The van der Waals surface area contributed by atoms with E-state index in [1.54, 1.807) is 0 Å². The van der Waals surface area contributed by atoms with Crippen LogP contribution in [0.25, 0.3) is 11.1 Å². The quantitative estimate of drug-likeness (QED) is 0.246. The Bertz CT molecular complexity index is 1330. The molecule has 2 heteroatoms. The molecular weight excluding hydrogens is 428 g/mol. The third kappa shape index (κ3) is 3.77. The molecule has 0 heterocycles. The van der Waals surface area contributed by atoms with Crippen molar-refractivity contribution < 1.29 is 9.59 Å². The average Bonchev–Trinajstić information content (AvgIpc) is 3.21. The molecule has 0 unspecified atom stereocenters. The van der Waals surface area contributed by atoms with E-state index < -0.39 is 5.41 Å². The highest BCUT2D eigenvalue weighted by atomic mass is 16.1. The van der Waals surface area contributed by atoms with Gasteiger partial charge < -0.3 is 0 Å². The summed E-state index contributed by atoms with van der Waals surface area (Å²) in [6.45, 7) is 7.18. The van der Waals surface area contributed by atoms with E-state index in [1.807, 2.05) is 24.3 Å². The minimum Gasteiger partial charge on any atom is -0.295 e. The Labute approximate surface area is 206 Å². The van der Waals surface area contributed by atoms with E-state index in [1.165, 1.54) is 34.4 Å². The van der Waals surface area contributed by atoms with Crippen molar-refractivity contribution in [1.82, 2.24) is 0 Å². The molecule has 0 radical (unpaired) electrons. The second kappa shape index (κ2) is 9.15. The van der Waals surface area contributed by atoms with E-state index in [0.717, 1.165) is 22.3 Å². The molecule has 0 bridgehead atoms. The lowest BCUT2D eigenvalue weighted by atomic mass is 9.67. The Morgan fingerprint density at radius 2 is 0.943 bits per heavy atom. The first-order chi connectivity index (χ1) is 17.1. The van der Waals surface area contributed by atoms with Gasteiger partial charge in [-0.05, 0) is 56.7 Å². The summed E-state index contributed by atoms with van der Waals surface area (Å²) in [5.41, 5.74) is 8.60. The summed E-state index contributed by atoms with van der Waals surface area (Å²) < 4.78 is 0. The van der Waals surface area contributed by atoms with Crippen LogP contribution in [-0.2, 0) is 27.8 Å². The Morgan fingerprint density at radius 1 is 0.571 bits per heavy atom. The molecule has 170 valence electrons. The Kier molecular flexibility index (Phi) is 5.88. The lowest BCUT2D eigenvalue weighted by molar-refractivity contribution is -0.114. The predicted octanol–water partition coefficient (Wildman–Crippen LogP) is 6.64. The zero-order chi connectivity index (χ0) is 24.4. The van der Waals surface area contributed by atoms with E-state index in [9.17, 15) is 9.59 Å². The monoisotopic (exact) mass is 454 g/mol. The highest BCUT2D eigenvalue weighted by Gasteiger charge is 2.45. The van der Waals surface area contributed by atoms with Crippen molar-refractivity contribution in [3.05, 3.63) is 156 Å². The van der Waals surface area contributed by atoms with E-state index in [-0.39, 0.29) is 11.6 Å². The lowest BCUT2D eigenvalue weighted by Crippen LogP contribution is -2.28. The van der Waals surface area contributed by atoms with Gasteiger partial charge in [0.05, 0.1) is 5.41 Å². The minimum atomic E-state index is -0.505. The largest absolute Gasteiger partial charge is 0.295 e. The summed E-state index contributed by atoms with van der Waals surface area (Å²) >= 11 is 0. The number of allylic oxidation sites excluding steroid dienone is 2. The molecule has 2 nitrogen and oxygen atoms in total. The smallest absolute Gasteiger partial charge is 0.159 e. The van der Waals surface area contributed by atoms with Crippen LogP contribution in [-0.4, -0.2) is 11.6 Å². The van der Waals surface area contributed by atoms with Gasteiger partial charge in [-0.1, -0.05) is 110 Å². The van der Waals surface area contributed by atoms with Crippen molar-refractivity contribution in [1.29, 1.82) is 0 Å². The molecule has 1 aliphatic carbocycles. The molecular formula is C33H26O2. The van der Waals surface area contributed by atoms with Crippen molar-refractivity contribution in [3.8, 4) is 11.1 Å². The van der Waals surface area contributed by atoms with Gasteiger partial charge in [0.1, 0.15) is 0 Å². The summed E-state index contributed by atoms with van der Waals surface area (Å²) in [6.07, 6.45) is 3.43. The van der Waals surface area contributed by atoms with Crippen LogP contribution in [0.5, 0.6) is 0 Å². The van der Waals surface area contributed by atoms with Gasteiger partial charge in [0.2, 0.25) is 0 Å². The molecule has 0 aromatic heterocycles. The maximum absolute atomic E-state index is 11.9. The lowest BCUT2D eigenvalue weighted by Gasteiger charge is -2.34. The summed E-state index contributed by atoms with van der Waals surface area (Å²) in [6, 6.07) is 33.9. The van der Waals surface area contributed by atoms with Crippen molar-refractivity contribution in [2.75, 3.05) is 0 Å². The summed E-state index contributed by atoms with van der Waals surface area (Å²) in [5, 5.41) is 0. The number of rotatable bonds is 8. The second-order valence-corrected chi connectivity index (χ2v) is 8.93. The molecule has 0 atom stereocenters. The predicted molar refractivity (Wildman–Crippen MR) is 142 cm³/mol. The molecule has 1 aliphatic rings. The second-order valence-electron chi connectivity index (χ2n) is 8.93. The number of fused-ring (bicyclic) bond motifs is 3. The number of carbonyl (C=O) groups excluding carboxylic acids is 2. The van der Waals surface area contributed by atoms with E-state index >= 15 is 0 Å². The van der Waals surface area contributed by atoms with E-state index in [0.29, 0.717) is 12.8 Å². The molecule has 4 aromatic carbocycles. The normalized spacial score (nSPS) is 12.9. The van der Waals surface area contributed by atoms with Gasteiger partial charge in [0, 0.05) is 12.8 Å². The van der Waals surface area contributed by atoms with Crippen LogP contribution >= 0.6 is 0 Å². The molecule has 0 amide bonds. The average molecular weight is 455 g/mol. The highest BCUT2D eigenvalue weighted by Crippen LogP contribution is 2.55. The summed E-state index contributed by atoms with van der Waals surface area (Å²) in [5.74, 6) is 0.0161. The van der Waals surface area contributed by atoms with E-state index in [4.69, 9.17) is 0 Å². The van der Waals surface area contributed by atoms with Gasteiger partial charge in [0.25, 0.3) is 0 Å². The number of hydrogen-bond acceptors (Lipinski definition) is 2. The van der Waals surface area contributed by atoms with Gasteiger partial charge in [-0.25, -0.2) is 0 Å². The van der Waals surface area contributed by atoms with Crippen LogP contribution in [0, 0.1) is 0 Å². The van der Waals surface area contributed by atoms with Crippen molar-refractivity contribution >= 4 is 11.6 Å². The fourth-order valence-corrected chi connectivity index (χ4v) is 5.32. The third-order valence-corrected chi connectivity index (χ3v) is 6.94. The standard InChI is InChI=1S/C33H26O2/c1-3-27(34)21-23-13-17-25(18-14-23)33(26-19-15-24(16-20-26)22-28(35)4-2)31-11-7-5-9-29(31)30-10-6-8-12-32(30)33/h3-20H,1-2,21-22H2. The van der Waals surface area contributed by atoms with Gasteiger partial charge in [0.15, 0.2) is 11.6 Å². The van der Waals surface area contributed by atoms with E-state index in [2.05, 4.69) is 86.0 Å². The number of ketones is 2. The Balaban J connectivity index is 1.73. The SMILES string of the molecule is C=CC(=O)Cc1ccc(C2(c3ccc(CC(=O)C=C)cc3)c3ccccc3-c3ccccc32)cc1. The third-order valence-electron chi connectivity index (χ3n) is 6.94. The summed E-state index contributed by atoms with van der Waals surface area (Å²) in [7, 11) is 0. The van der Waals surface area contributed by atoms with Crippen LogP contribution in [0.4, 0.5) is 0 Å². The maximum atomic E-state index is 11.9. The molecule has 0 saturated carbocycles. The fourth-order valence-electron chi connectivity index (χ4n) is 5.32. The number of benzene rings is 4. The zero-order valence-electron chi connectivity index (χ0n) is 19.5.